The number of sulfonamides is 1. The van der Waals surface area contributed by atoms with E-state index in [0.717, 1.165) is 32.1 Å². The molecule has 17 heavy (non-hydrogen) atoms. The van der Waals surface area contributed by atoms with Gasteiger partial charge in [0.1, 0.15) is 0 Å². The summed E-state index contributed by atoms with van der Waals surface area (Å²) in [5.74, 6) is -0.895. The normalized spacial score (nSPS) is 20.1. The van der Waals surface area contributed by atoms with Crippen molar-refractivity contribution in [1.29, 1.82) is 0 Å². The predicted molar refractivity (Wildman–Crippen MR) is 65.3 cm³/mol. The van der Waals surface area contributed by atoms with Crippen LogP contribution in [0.25, 0.3) is 0 Å². The molecule has 0 spiro atoms. The molecule has 1 fully saturated rings. The zero-order valence-electron chi connectivity index (χ0n) is 10.2. The Morgan fingerprint density at radius 3 is 2.47 bits per heavy atom. The van der Waals surface area contributed by atoms with Crippen molar-refractivity contribution in [2.24, 2.45) is 0 Å². The van der Waals surface area contributed by atoms with Crippen LogP contribution in [0.15, 0.2) is 0 Å². The lowest BCUT2D eigenvalue weighted by Gasteiger charge is -2.24. The van der Waals surface area contributed by atoms with Gasteiger partial charge in [0.05, 0.1) is 5.25 Å². The van der Waals surface area contributed by atoms with Crippen LogP contribution in [0.3, 0.4) is 0 Å². The third kappa shape index (κ3) is 5.04. The van der Waals surface area contributed by atoms with Crippen molar-refractivity contribution in [2.45, 2.75) is 63.2 Å². The number of hydrogen-bond acceptors (Lipinski definition) is 3. The first-order valence-corrected chi connectivity index (χ1v) is 7.69. The Labute approximate surface area is 103 Å². The summed E-state index contributed by atoms with van der Waals surface area (Å²) in [6, 6.07) is -0.307. The molecule has 0 aromatic carbocycles. The van der Waals surface area contributed by atoms with Crippen LogP contribution < -0.4 is 4.72 Å². The smallest absolute Gasteiger partial charge is 0.303 e. The van der Waals surface area contributed by atoms with E-state index in [1.54, 1.807) is 6.92 Å². The van der Waals surface area contributed by atoms with Crippen molar-refractivity contribution in [3.8, 4) is 0 Å². The molecule has 2 N–H and O–H groups in total. The highest BCUT2D eigenvalue weighted by molar-refractivity contribution is 7.90. The minimum atomic E-state index is -3.27. The van der Waals surface area contributed by atoms with Crippen LogP contribution in [0.4, 0.5) is 0 Å². The third-order valence-corrected chi connectivity index (χ3v) is 5.23. The fourth-order valence-electron chi connectivity index (χ4n) is 2.15. The van der Waals surface area contributed by atoms with E-state index in [1.165, 1.54) is 0 Å². The molecule has 0 heterocycles. The monoisotopic (exact) mass is 263 g/mol. The molecule has 1 atom stereocenters. The molecular weight excluding hydrogens is 242 g/mol. The lowest BCUT2D eigenvalue weighted by Crippen LogP contribution is -2.40. The SMILES string of the molecule is CC(CCC(=O)O)NS(=O)(=O)C1CCCCC1. The molecular formula is C11H21NO4S. The highest BCUT2D eigenvalue weighted by Gasteiger charge is 2.28. The Balaban J connectivity index is 2.44. The van der Waals surface area contributed by atoms with Crippen molar-refractivity contribution in [3.63, 3.8) is 0 Å². The quantitative estimate of drug-likeness (QED) is 0.760. The van der Waals surface area contributed by atoms with Gasteiger partial charge in [-0.15, -0.1) is 0 Å². The lowest BCUT2D eigenvalue weighted by atomic mass is 10.0. The van der Waals surface area contributed by atoms with Gasteiger partial charge in [-0.3, -0.25) is 4.79 Å². The maximum atomic E-state index is 12.0. The van der Waals surface area contributed by atoms with Gasteiger partial charge < -0.3 is 5.11 Å². The number of hydrogen-bond donors (Lipinski definition) is 2. The summed E-state index contributed by atoms with van der Waals surface area (Å²) in [6.07, 6.45) is 4.82. The highest BCUT2D eigenvalue weighted by atomic mass is 32.2. The summed E-state index contributed by atoms with van der Waals surface area (Å²) < 4.78 is 26.6. The molecule has 0 radical (unpaired) electrons. The molecule has 5 nitrogen and oxygen atoms in total. The number of aliphatic carboxylic acids is 1. The standard InChI is InChI=1S/C11H21NO4S/c1-9(7-8-11(13)14)12-17(15,16)10-5-3-2-4-6-10/h9-10,12H,2-8H2,1H3,(H,13,14). The summed E-state index contributed by atoms with van der Waals surface area (Å²) in [6.45, 7) is 1.71. The topological polar surface area (TPSA) is 83.5 Å². The summed E-state index contributed by atoms with van der Waals surface area (Å²) in [5.41, 5.74) is 0. The fourth-order valence-corrected chi connectivity index (χ4v) is 3.98. The number of carboxylic acid groups (broad SMARTS) is 1. The maximum Gasteiger partial charge on any atom is 0.303 e. The Morgan fingerprint density at radius 1 is 1.35 bits per heavy atom. The second kappa shape index (κ2) is 6.35. The number of nitrogens with one attached hydrogen (secondary N) is 1. The largest absolute Gasteiger partial charge is 0.481 e. The second-order valence-corrected chi connectivity index (χ2v) is 6.75. The highest BCUT2D eigenvalue weighted by Crippen LogP contribution is 2.23. The summed E-state index contributed by atoms with van der Waals surface area (Å²) in [4.78, 5) is 10.4. The van der Waals surface area contributed by atoms with E-state index in [4.69, 9.17) is 5.11 Å². The summed E-state index contributed by atoms with van der Waals surface area (Å²) >= 11 is 0. The maximum absolute atomic E-state index is 12.0. The van der Waals surface area contributed by atoms with Crippen LogP contribution in [-0.2, 0) is 14.8 Å². The number of carbonyl (C=O) groups is 1. The molecule has 6 heteroatoms. The molecule has 0 saturated heterocycles. The van der Waals surface area contributed by atoms with Gasteiger partial charge in [-0.1, -0.05) is 19.3 Å². The van der Waals surface area contributed by atoms with Crippen molar-refractivity contribution in [3.05, 3.63) is 0 Å². The second-order valence-electron chi connectivity index (χ2n) is 4.76. The zero-order chi connectivity index (χ0) is 12.9. The molecule has 1 saturated carbocycles. The summed E-state index contributed by atoms with van der Waals surface area (Å²) in [7, 11) is -3.27. The Kier molecular flexibility index (Phi) is 5.39. The van der Waals surface area contributed by atoms with Gasteiger partial charge in [-0.05, 0) is 26.2 Å². The van der Waals surface area contributed by atoms with Crippen molar-refractivity contribution in [1.82, 2.24) is 4.72 Å². The first-order chi connectivity index (χ1) is 7.92. The van der Waals surface area contributed by atoms with Gasteiger partial charge in [0.2, 0.25) is 10.0 Å². The van der Waals surface area contributed by atoms with Gasteiger partial charge in [-0.25, -0.2) is 13.1 Å². The minimum absolute atomic E-state index is 0.00560. The van der Waals surface area contributed by atoms with Gasteiger partial charge in [-0.2, -0.15) is 0 Å². The van der Waals surface area contributed by atoms with E-state index >= 15 is 0 Å². The molecule has 0 amide bonds. The average Bonchev–Trinajstić information content (AvgIpc) is 2.27. The molecule has 1 aliphatic rings. The van der Waals surface area contributed by atoms with Crippen molar-refractivity contribution < 1.29 is 18.3 Å². The van der Waals surface area contributed by atoms with Gasteiger partial charge in [0, 0.05) is 12.5 Å². The van der Waals surface area contributed by atoms with E-state index in [2.05, 4.69) is 4.72 Å². The molecule has 0 aromatic rings. The molecule has 100 valence electrons. The lowest BCUT2D eigenvalue weighted by molar-refractivity contribution is -0.137. The van der Waals surface area contributed by atoms with E-state index in [0.29, 0.717) is 6.42 Å². The first-order valence-electron chi connectivity index (χ1n) is 6.15. The van der Waals surface area contributed by atoms with Gasteiger partial charge in [0.15, 0.2) is 0 Å². The number of carboxylic acids is 1. The average molecular weight is 263 g/mol. The summed E-state index contributed by atoms with van der Waals surface area (Å²) in [5, 5.41) is 8.24. The van der Waals surface area contributed by atoms with Crippen LogP contribution >= 0.6 is 0 Å². The van der Waals surface area contributed by atoms with Crippen LogP contribution in [0.5, 0.6) is 0 Å². The van der Waals surface area contributed by atoms with Crippen molar-refractivity contribution >= 4 is 16.0 Å². The van der Waals surface area contributed by atoms with Crippen LogP contribution in [0, 0.1) is 0 Å². The van der Waals surface area contributed by atoms with Gasteiger partial charge >= 0.3 is 5.97 Å². The van der Waals surface area contributed by atoms with Crippen LogP contribution in [0.2, 0.25) is 0 Å². The van der Waals surface area contributed by atoms with Gasteiger partial charge in [0.25, 0.3) is 0 Å². The van der Waals surface area contributed by atoms with E-state index in [9.17, 15) is 13.2 Å². The van der Waals surface area contributed by atoms with E-state index < -0.39 is 16.0 Å². The predicted octanol–water partition coefficient (Wildman–Crippen LogP) is 1.49. The molecule has 1 rings (SSSR count). The Morgan fingerprint density at radius 2 is 1.94 bits per heavy atom. The van der Waals surface area contributed by atoms with E-state index in [-0.39, 0.29) is 17.7 Å². The molecule has 0 bridgehead atoms. The van der Waals surface area contributed by atoms with E-state index in [1.807, 2.05) is 0 Å². The number of rotatable bonds is 6. The van der Waals surface area contributed by atoms with Crippen molar-refractivity contribution in [2.75, 3.05) is 0 Å². The molecule has 0 aliphatic heterocycles. The Hall–Kier alpha value is -0.620. The first kappa shape index (κ1) is 14.4. The van der Waals surface area contributed by atoms with Crippen LogP contribution in [-0.4, -0.2) is 30.8 Å². The zero-order valence-corrected chi connectivity index (χ0v) is 11.0. The molecule has 0 aromatic heterocycles. The fraction of sp³-hybridized carbons (Fsp3) is 0.909. The molecule has 1 unspecified atom stereocenters. The Bertz CT molecular complexity index is 346. The third-order valence-electron chi connectivity index (χ3n) is 3.15. The molecule has 1 aliphatic carbocycles. The van der Waals surface area contributed by atoms with Crippen LogP contribution in [0.1, 0.15) is 51.9 Å². The minimum Gasteiger partial charge on any atom is -0.481 e.